The van der Waals surface area contributed by atoms with E-state index in [-0.39, 0.29) is 23.9 Å². The summed E-state index contributed by atoms with van der Waals surface area (Å²) in [5.74, 6) is 0.0247. The van der Waals surface area contributed by atoms with Gasteiger partial charge in [-0.3, -0.25) is 14.9 Å². The molecule has 164 valence electrons. The van der Waals surface area contributed by atoms with Gasteiger partial charge in [-0.1, -0.05) is 12.1 Å². The Morgan fingerprint density at radius 2 is 2.00 bits per heavy atom. The zero-order valence-electron chi connectivity index (χ0n) is 17.2. The van der Waals surface area contributed by atoms with E-state index in [1.165, 1.54) is 17.0 Å². The quantitative estimate of drug-likeness (QED) is 0.386. The van der Waals surface area contributed by atoms with Crippen LogP contribution in [0.3, 0.4) is 0 Å². The molecule has 1 aliphatic rings. The normalized spacial score (nSPS) is 14.5. The van der Waals surface area contributed by atoms with Crippen molar-refractivity contribution >= 4 is 23.3 Å². The molecule has 0 saturated carbocycles. The summed E-state index contributed by atoms with van der Waals surface area (Å²) in [7, 11) is 1.58. The average molecular weight is 429 g/mol. The van der Waals surface area contributed by atoms with Crippen LogP contribution in [0.15, 0.2) is 42.5 Å². The number of esters is 1. The zero-order valence-corrected chi connectivity index (χ0v) is 17.2. The smallest absolute Gasteiger partial charge is 0.341 e. The number of likely N-dealkylation sites (N-methyl/N-ethyl adjacent to an activating group) is 1. The van der Waals surface area contributed by atoms with Crippen molar-refractivity contribution in [2.45, 2.75) is 13.0 Å². The van der Waals surface area contributed by atoms with E-state index in [1.807, 2.05) is 12.1 Å². The van der Waals surface area contributed by atoms with E-state index in [2.05, 4.69) is 5.32 Å². The standard InChI is InChI=1S/C21H23N3O7/c1-3-23(11-15-12-29-18-6-4-5-7-19(18)31-15)20(25)13-30-21(26)16-10-14(24(27)28)8-9-17(16)22-2/h4-10,15,22H,3,11-13H2,1-2H3. The van der Waals surface area contributed by atoms with Gasteiger partial charge in [0, 0.05) is 31.4 Å². The molecule has 31 heavy (non-hydrogen) atoms. The maximum absolute atomic E-state index is 12.6. The van der Waals surface area contributed by atoms with Crippen LogP contribution in [0.4, 0.5) is 11.4 Å². The number of carbonyl (C=O) groups is 2. The minimum Gasteiger partial charge on any atom is -0.486 e. The number of fused-ring (bicyclic) bond motifs is 1. The van der Waals surface area contributed by atoms with Gasteiger partial charge in [0.2, 0.25) is 0 Å². The molecule has 3 rings (SSSR count). The van der Waals surface area contributed by atoms with Crippen molar-refractivity contribution in [3.63, 3.8) is 0 Å². The highest BCUT2D eigenvalue weighted by atomic mass is 16.6. The molecule has 1 heterocycles. The Bertz CT molecular complexity index is 979. The molecule has 0 saturated heterocycles. The first kappa shape index (κ1) is 21.9. The fourth-order valence-electron chi connectivity index (χ4n) is 3.14. The number of rotatable bonds is 8. The van der Waals surface area contributed by atoms with E-state index in [0.29, 0.717) is 30.3 Å². The van der Waals surface area contributed by atoms with Gasteiger partial charge in [-0.15, -0.1) is 0 Å². The summed E-state index contributed by atoms with van der Waals surface area (Å²) in [4.78, 5) is 36.9. The number of nitro benzene ring substituents is 1. The maximum Gasteiger partial charge on any atom is 0.341 e. The van der Waals surface area contributed by atoms with Crippen LogP contribution in [0.25, 0.3) is 0 Å². The number of ether oxygens (including phenoxy) is 3. The number of hydrogen-bond acceptors (Lipinski definition) is 8. The summed E-state index contributed by atoms with van der Waals surface area (Å²) in [6.45, 7) is 2.25. The maximum atomic E-state index is 12.6. The van der Waals surface area contributed by atoms with Crippen LogP contribution in [0.1, 0.15) is 17.3 Å². The van der Waals surface area contributed by atoms with Crippen LogP contribution in [0.5, 0.6) is 11.5 Å². The zero-order chi connectivity index (χ0) is 22.4. The van der Waals surface area contributed by atoms with E-state index in [9.17, 15) is 19.7 Å². The first-order chi connectivity index (χ1) is 14.9. The lowest BCUT2D eigenvalue weighted by molar-refractivity contribution is -0.384. The van der Waals surface area contributed by atoms with Crippen molar-refractivity contribution in [1.29, 1.82) is 0 Å². The minimum absolute atomic E-state index is 0.0202. The molecular formula is C21H23N3O7. The second kappa shape index (κ2) is 9.79. The molecule has 1 amide bonds. The summed E-state index contributed by atoms with van der Waals surface area (Å²) in [5, 5.41) is 13.8. The largest absolute Gasteiger partial charge is 0.486 e. The van der Waals surface area contributed by atoms with Gasteiger partial charge in [-0.2, -0.15) is 0 Å². The SMILES string of the molecule is CCN(CC1COc2ccccc2O1)C(=O)COC(=O)c1cc([N+](=O)[O-])ccc1NC. The molecule has 0 fully saturated rings. The van der Waals surface area contributed by atoms with Gasteiger partial charge in [0.15, 0.2) is 24.2 Å². The van der Waals surface area contributed by atoms with Crippen LogP contribution >= 0.6 is 0 Å². The van der Waals surface area contributed by atoms with Crippen molar-refractivity contribution in [2.75, 3.05) is 38.7 Å². The third-order valence-electron chi connectivity index (χ3n) is 4.76. The Labute approximate surface area is 178 Å². The fraction of sp³-hybridized carbons (Fsp3) is 0.333. The van der Waals surface area contributed by atoms with Crippen molar-refractivity contribution in [3.8, 4) is 11.5 Å². The number of para-hydroxylation sites is 2. The number of amides is 1. The lowest BCUT2D eigenvalue weighted by Crippen LogP contribution is -2.45. The summed E-state index contributed by atoms with van der Waals surface area (Å²) < 4.78 is 16.7. The Hall–Kier alpha value is -3.82. The van der Waals surface area contributed by atoms with Crippen LogP contribution in [0, 0.1) is 10.1 Å². The topological polar surface area (TPSA) is 120 Å². The van der Waals surface area contributed by atoms with Crippen LogP contribution in [0.2, 0.25) is 0 Å². The Morgan fingerprint density at radius 3 is 2.68 bits per heavy atom. The van der Waals surface area contributed by atoms with E-state index in [4.69, 9.17) is 14.2 Å². The number of benzene rings is 2. The average Bonchev–Trinajstić information content (AvgIpc) is 2.80. The molecule has 0 aliphatic carbocycles. The third-order valence-corrected chi connectivity index (χ3v) is 4.76. The molecular weight excluding hydrogens is 406 g/mol. The Kier molecular flexibility index (Phi) is 6.91. The number of non-ortho nitro benzene ring substituents is 1. The summed E-state index contributed by atoms with van der Waals surface area (Å²) >= 11 is 0. The highest BCUT2D eigenvalue weighted by molar-refractivity contribution is 5.97. The van der Waals surface area contributed by atoms with Gasteiger partial charge < -0.3 is 24.4 Å². The molecule has 2 aromatic rings. The second-order valence-electron chi connectivity index (χ2n) is 6.74. The Morgan fingerprint density at radius 1 is 1.26 bits per heavy atom. The first-order valence-corrected chi connectivity index (χ1v) is 9.72. The summed E-state index contributed by atoms with van der Waals surface area (Å²) in [5.41, 5.74) is 0.0946. The van der Waals surface area contributed by atoms with Crippen molar-refractivity contribution in [1.82, 2.24) is 4.90 Å². The molecule has 1 aliphatic heterocycles. The third kappa shape index (κ3) is 5.21. The Balaban J connectivity index is 1.60. The van der Waals surface area contributed by atoms with Gasteiger partial charge in [0.25, 0.3) is 11.6 Å². The number of nitrogens with zero attached hydrogens (tertiary/aromatic N) is 2. The molecule has 1 N–H and O–H groups in total. The predicted molar refractivity (Wildman–Crippen MR) is 112 cm³/mol. The monoisotopic (exact) mass is 429 g/mol. The molecule has 0 bridgehead atoms. The molecule has 1 atom stereocenters. The molecule has 0 radical (unpaired) electrons. The number of nitrogens with one attached hydrogen (secondary N) is 1. The van der Waals surface area contributed by atoms with E-state index < -0.39 is 23.4 Å². The fourth-order valence-corrected chi connectivity index (χ4v) is 3.14. The van der Waals surface area contributed by atoms with Crippen LogP contribution in [-0.2, 0) is 9.53 Å². The minimum atomic E-state index is -0.830. The lowest BCUT2D eigenvalue weighted by atomic mass is 10.1. The number of carbonyl (C=O) groups excluding carboxylic acids is 2. The van der Waals surface area contributed by atoms with Crippen molar-refractivity contribution in [2.24, 2.45) is 0 Å². The molecule has 0 spiro atoms. The molecule has 1 unspecified atom stereocenters. The molecule has 10 heteroatoms. The highest BCUT2D eigenvalue weighted by Crippen LogP contribution is 2.31. The van der Waals surface area contributed by atoms with E-state index >= 15 is 0 Å². The summed E-state index contributed by atoms with van der Waals surface area (Å²) in [6, 6.07) is 11.1. The summed E-state index contributed by atoms with van der Waals surface area (Å²) in [6.07, 6.45) is -0.359. The van der Waals surface area contributed by atoms with E-state index in [0.717, 1.165) is 6.07 Å². The van der Waals surface area contributed by atoms with Gasteiger partial charge in [-0.05, 0) is 25.1 Å². The van der Waals surface area contributed by atoms with Gasteiger partial charge in [0.1, 0.15) is 6.61 Å². The van der Waals surface area contributed by atoms with Gasteiger partial charge >= 0.3 is 5.97 Å². The van der Waals surface area contributed by atoms with Crippen LogP contribution in [-0.4, -0.2) is 61.2 Å². The van der Waals surface area contributed by atoms with Crippen LogP contribution < -0.4 is 14.8 Å². The lowest BCUT2D eigenvalue weighted by Gasteiger charge is -2.30. The highest BCUT2D eigenvalue weighted by Gasteiger charge is 2.26. The van der Waals surface area contributed by atoms with Crippen molar-refractivity contribution in [3.05, 3.63) is 58.1 Å². The first-order valence-electron chi connectivity index (χ1n) is 9.72. The van der Waals surface area contributed by atoms with E-state index in [1.54, 1.807) is 26.1 Å². The molecule has 2 aromatic carbocycles. The number of hydrogen-bond donors (Lipinski definition) is 1. The van der Waals surface area contributed by atoms with Gasteiger partial charge in [0.05, 0.1) is 17.0 Å². The molecule has 10 nitrogen and oxygen atoms in total. The van der Waals surface area contributed by atoms with Crippen molar-refractivity contribution < 1.29 is 28.7 Å². The second-order valence-corrected chi connectivity index (χ2v) is 6.74. The number of anilines is 1. The van der Waals surface area contributed by atoms with Gasteiger partial charge in [-0.25, -0.2) is 4.79 Å². The predicted octanol–water partition coefficient (Wildman–Crippen LogP) is 2.48. The molecule has 0 aromatic heterocycles. The number of nitro groups is 1.